The first-order valence-corrected chi connectivity index (χ1v) is 10.9. The van der Waals surface area contributed by atoms with Crippen LogP contribution >= 0.6 is 19.6 Å². The third-order valence-electron chi connectivity index (χ3n) is 5.03. The second-order valence-corrected chi connectivity index (χ2v) is 8.50. The number of halogens is 1. The van der Waals surface area contributed by atoms with Gasteiger partial charge in [-0.2, -0.15) is 4.89 Å². The predicted molar refractivity (Wildman–Crippen MR) is 118 cm³/mol. The summed E-state index contributed by atoms with van der Waals surface area (Å²) < 4.78 is 13.6. The van der Waals surface area contributed by atoms with Gasteiger partial charge >= 0.3 is 8.03 Å². The summed E-state index contributed by atoms with van der Waals surface area (Å²) in [6.07, 6.45) is 1.66. The number of carbonyl (C=O) groups excluding carboxylic acids is 1. The molecule has 1 amide bonds. The highest BCUT2D eigenvalue weighted by Gasteiger charge is 2.32. The first-order valence-electron chi connectivity index (χ1n) is 9.10. The van der Waals surface area contributed by atoms with Gasteiger partial charge in [0.15, 0.2) is 6.16 Å². The van der Waals surface area contributed by atoms with E-state index in [2.05, 4.69) is 5.32 Å². The lowest BCUT2D eigenvalue weighted by Gasteiger charge is -2.13. The number of rotatable bonds is 5. The van der Waals surface area contributed by atoms with E-state index in [0.29, 0.717) is 16.3 Å². The summed E-state index contributed by atoms with van der Waals surface area (Å²) in [6.45, 7) is 0. The van der Waals surface area contributed by atoms with Crippen molar-refractivity contribution in [3.8, 4) is 0 Å². The Labute approximate surface area is 173 Å². The molecule has 0 fully saturated rings. The van der Waals surface area contributed by atoms with Crippen molar-refractivity contribution in [2.24, 2.45) is 7.05 Å². The van der Waals surface area contributed by atoms with Crippen LogP contribution in [0.4, 0.5) is 5.69 Å². The molecular weight excluding hydrogens is 407 g/mol. The highest BCUT2D eigenvalue weighted by atomic mass is 35.5. The minimum absolute atomic E-state index is 0.166. The standard InChI is InChI=1S/C22H18ClN2O3P/c1-25-12-19(18-11-16(23)7-9-21(18)25)20(13-29(27)28)22(26)24-17-8-6-14-4-2-3-5-15(14)10-17/h2-12,20H,13H2,1H3,(H-,24,26,27,28)/p+1. The van der Waals surface area contributed by atoms with E-state index in [1.165, 1.54) is 0 Å². The number of benzene rings is 3. The summed E-state index contributed by atoms with van der Waals surface area (Å²) in [7, 11) is -0.634. The van der Waals surface area contributed by atoms with Crippen molar-refractivity contribution < 1.29 is 14.3 Å². The first-order chi connectivity index (χ1) is 13.9. The number of anilines is 1. The minimum atomic E-state index is -2.51. The van der Waals surface area contributed by atoms with Crippen molar-refractivity contribution in [2.75, 3.05) is 11.5 Å². The number of fused-ring (bicyclic) bond motifs is 2. The highest BCUT2D eigenvalue weighted by Crippen LogP contribution is 2.35. The third-order valence-corrected chi connectivity index (χ3v) is 5.94. The molecule has 5 nitrogen and oxygen atoms in total. The molecule has 0 aliphatic heterocycles. The van der Waals surface area contributed by atoms with Gasteiger partial charge in [0.25, 0.3) is 0 Å². The molecule has 1 aromatic heterocycles. The molecule has 0 saturated heterocycles. The van der Waals surface area contributed by atoms with Crippen LogP contribution in [0.1, 0.15) is 11.5 Å². The number of hydrogen-bond acceptors (Lipinski definition) is 2. The maximum atomic E-state index is 13.1. The second kappa shape index (κ2) is 7.96. The van der Waals surface area contributed by atoms with Crippen LogP contribution in [-0.4, -0.2) is 21.5 Å². The summed E-state index contributed by atoms with van der Waals surface area (Å²) in [4.78, 5) is 22.7. The molecule has 2 atom stereocenters. The van der Waals surface area contributed by atoms with E-state index in [-0.39, 0.29) is 12.1 Å². The Bertz CT molecular complexity index is 1250. The summed E-state index contributed by atoms with van der Waals surface area (Å²) in [5.41, 5.74) is 2.23. The molecule has 29 heavy (non-hydrogen) atoms. The van der Waals surface area contributed by atoms with Crippen LogP contribution in [0, 0.1) is 0 Å². The van der Waals surface area contributed by atoms with E-state index in [1.54, 1.807) is 12.1 Å². The third kappa shape index (κ3) is 4.03. The van der Waals surface area contributed by atoms with Gasteiger partial charge in [0.1, 0.15) is 5.92 Å². The number of nitrogens with zero attached hydrogens (tertiary/aromatic N) is 1. The summed E-state index contributed by atoms with van der Waals surface area (Å²) in [5, 5.41) is 6.34. The summed E-state index contributed by atoms with van der Waals surface area (Å²) in [5.74, 6) is -1.11. The van der Waals surface area contributed by atoms with E-state index in [1.807, 2.05) is 66.3 Å². The van der Waals surface area contributed by atoms with Gasteiger partial charge < -0.3 is 9.88 Å². The average Bonchev–Trinajstić information content (AvgIpc) is 3.01. The Hall–Kier alpha value is -2.72. The van der Waals surface area contributed by atoms with Crippen molar-refractivity contribution in [2.45, 2.75) is 5.92 Å². The Morgan fingerprint density at radius 1 is 1.14 bits per heavy atom. The molecule has 0 aliphatic rings. The minimum Gasteiger partial charge on any atom is -0.350 e. The number of hydrogen-bond donors (Lipinski definition) is 2. The normalized spacial score (nSPS) is 12.9. The van der Waals surface area contributed by atoms with Gasteiger partial charge in [-0.3, -0.25) is 4.79 Å². The van der Waals surface area contributed by atoms with Crippen LogP contribution < -0.4 is 5.32 Å². The SMILES string of the molecule is Cn1cc(C(C[P+](=O)O)C(=O)Nc2ccc3ccccc3c2)c2cc(Cl)ccc21. The van der Waals surface area contributed by atoms with E-state index < -0.39 is 13.9 Å². The molecule has 1 heterocycles. The van der Waals surface area contributed by atoms with Crippen molar-refractivity contribution in [1.29, 1.82) is 0 Å². The van der Waals surface area contributed by atoms with Gasteiger partial charge in [-0.15, -0.1) is 0 Å². The lowest BCUT2D eigenvalue weighted by Crippen LogP contribution is -2.23. The average molecular weight is 426 g/mol. The first kappa shape index (κ1) is 19.6. The molecule has 0 radical (unpaired) electrons. The number of nitrogens with one attached hydrogen (secondary N) is 1. The van der Waals surface area contributed by atoms with Gasteiger partial charge in [-0.1, -0.05) is 41.9 Å². The predicted octanol–water partition coefficient (Wildman–Crippen LogP) is 5.44. The Kier molecular flexibility index (Phi) is 5.37. The van der Waals surface area contributed by atoms with Crippen molar-refractivity contribution in [3.63, 3.8) is 0 Å². The Balaban J connectivity index is 1.72. The fourth-order valence-corrected chi connectivity index (χ4v) is 4.49. The van der Waals surface area contributed by atoms with Crippen LogP contribution in [0.25, 0.3) is 21.7 Å². The van der Waals surface area contributed by atoms with Gasteiger partial charge in [0.2, 0.25) is 5.91 Å². The molecule has 3 aromatic carbocycles. The number of carbonyl (C=O) groups is 1. The van der Waals surface area contributed by atoms with Crippen LogP contribution in [0.3, 0.4) is 0 Å². The van der Waals surface area contributed by atoms with Gasteiger partial charge in [0.05, 0.1) is 0 Å². The molecule has 146 valence electrons. The highest BCUT2D eigenvalue weighted by molar-refractivity contribution is 7.38. The molecule has 0 spiro atoms. The fraction of sp³-hybridized carbons (Fsp3) is 0.136. The second-order valence-electron chi connectivity index (χ2n) is 7.00. The smallest absolute Gasteiger partial charge is 0.350 e. The summed E-state index contributed by atoms with van der Waals surface area (Å²) in [6, 6.07) is 19.0. The van der Waals surface area contributed by atoms with Crippen LogP contribution in [0.15, 0.2) is 66.9 Å². The number of aryl methyl sites for hydroxylation is 1. The molecule has 2 unspecified atom stereocenters. The van der Waals surface area contributed by atoms with E-state index in [9.17, 15) is 14.3 Å². The maximum Gasteiger partial charge on any atom is 0.506 e. The maximum absolute atomic E-state index is 13.1. The lowest BCUT2D eigenvalue weighted by atomic mass is 9.99. The zero-order chi connectivity index (χ0) is 20.5. The molecule has 0 aliphatic carbocycles. The Morgan fingerprint density at radius 2 is 1.90 bits per heavy atom. The van der Waals surface area contributed by atoms with Crippen molar-refractivity contribution in [3.05, 3.63) is 77.4 Å². The zero-order valence-electron chi connectivity index (χ0n) is 15.7. The summed E-state index contributed by atoms with van der Waals surface area (Å²) >= 11 is 6.16. The van der Waals surface area contributed by atoms with E-state index in [0.717, 1.165) is 21.7 Å². The molecule has 4 rings (SSSR count). The van der Waals surface area contributed by atoms with Gasteiger partial charge in [-0.05, 0) is 51.2 Å². The molecule has 0 saturated carbocycles. The van der Waals surface area contributed by atoms with Gasteiger partial charge in [0, 0.05) is 34.9 Å². The largest absolute Gasteiger partial charge is 0.506 e. The van der Waals surface area contributed by atoms with Gasteiger partial charge in [-0.25, -0.2) is 0 Å². The molecule has 2 N–H and O–H groups in total. The molecule has 7 heteroatoms. The topological polar surface area (TPSA) is 71.3 Å². The Morgan fingerprint density at radius 3 is 2.66 bits per heavy atom. The van der Waals surface area contributed by atoms with Crippen LogP contribution in [0.5, 0.6) is 0 Å². The van der Waals surface area contributed by atoms with Crippen molar-refractivity contribution >= 4 is 52.9 Å². The fourth-order valence-electron chi connectivity index (χ4n) is 3.65. The lowest BCUT2D eigenvalue weighted by molar-refractivity contribution is -0.117. The zero-order valence-corrected chi connectivity index (χ0v) is 17.3. The quantitative estimate of drug-likeness (QED) is 0.418. The van der Waals surface area contributed by atoms with Crippen LogP contribution in [-0.2, 0) is 16.4 Å². The molecule has 0 bridgehead atoms. The monoisotopic (exact) mass is 425 g/mol. The van der Waals surface area contributed by atoms with E-state index >= 15 is 0 Å². The number of aromatic nitrogens is 1. The van der Waals surface area contributed by atoms with Crippen LogP contribution in [0.2, 0.25) is 5.02 Å². The number of amides is 1. The van der Waals surface area contributed by atoms with E-state index in [4.69, 9.17) is 11.6 Å². The molecular formula is C22H19ClN2O3P+. The van der Waals surface area contributed by atoms with Crippen molar-refractivity contribution in [1.82, 2.24) is 4.57 Å². The molecule has 4 aromatic rings.